The Morgan fingerprint density at radius 3 is 2.80 bits per heavy atom. The molecule has 8 heteroatoms. The van der Waals surface area contributed by atoms with Crippen LogP contribution in [0.25, 0.3) is 0 Å². The summed E-state index contributed by atoms with van der Waals surface area (Å²) in [7, 11) is -3.34. The van der Waals surface area contributed by atoms with Gasteiger partial charge in [0.2, 0.25) is 5.78 Å². The maximum absolute atomic E-state index is 12.7. The highest BCUT2D eigenvalue weighted by atomic mass is 32.2. The molecule has 0 unspecified atom stereocenters. The van der Waals surface area contributed by atoms with Gasteiger partial charge in [0.1, 0.15) is 0 Å². The largest absolute Gasteiger partial charge is 0.380 e. The lowest BCUT2D eigenvalue weighted by Crippen LogP contribution is -2.44. The van der Waals surface area contributed by atoms with Gasteiger partial charge in [0.05, 0.1) is 29.2 Å². The fourth-order valence-corrected chi connectivity index (χ4v) is 4.82. The predicted molar refractivity (Wildman–Crippen MR) is 95.2 cm³/mol. The summed E-state index contributed by atoms with van der Waals surface area (Å²) in [5.41, 5.74) is 0.628. The number of nitrogens with zero attached hydrogens (tertiary/aromatic N) is 2. The quantitative estimate of drug-likeness (QED) is 0.758. The second-order valence-corrected chi connectivity index (χ2v) is 9.83. The molecule has 2 aliphatic heterocycles. The molecule has 2 aromatic rings. The zero-order chi connectivity index (χ0) is 17.7. The highest BCUT2D eigenvalue weighted by Crippen LogP contribution is 2.40. The second-order valence-electron chi connectivity index (χ2n) is 6.80. The van der Waals surface area contributed by atoms with Crippen molar-refractivity contribution in [2.24, 2.45) is 5.41 Å². The van der Waals surface area contributed by atoms with Crippen LogP contribution in [0.5, 0.6) is 0 Å². The van der Waals surface area contributed by atoms with Crippen LogP contribution in [0.4, 0.5) is 5.13 Å². The summed E-state index contributed by atoms with van der Waals surface area (Å²) in [6.07, 6.45) is 3.80. The first-order valence-electron chi connectivity index (χ1n) is 8.00. The van der Waals surface area contributed by atoms with E-state index in [0.29, 0.717) is 10.4 Å². The normalized spacial score (nSPS) is 19.2. The Balaban J connectivity index is 1.55. The molecule has 3 heterocycles. The highest BCUT2D eigenvalue weighted by Gasteiger charge is 2.45. The summed E-state index contributed by atoms with van der Waals surface area (Å²) in [6, 6.07) is 6.14. The van der Waals surface area contributed by atoms with Crippen LogP contribution in [0.1, 0.15) is 21.7 Å². The highest BCUT2D eigenvalue weighted by molar-refractivity contribution is 7.90. The number of ether oxygens (including phenoxy) is 1. The number of thiazole rings is 1. The van der Waals surface area contributed by atoms with Gasteiger partial charge in [0, 0.05) is 30.3 Å². The lowest BCUT2D eigenvalue weighted by atomic mass is 9.85. The number of aromatic nitrogens is 1. The minimum Gasteiger partial charge on any atom is -0.380 e. The Kier molecular flexibility index (Phi) is 3.93. The monoisotopic (exact) mass is 378 g/mol. The average molecular weight is 378 g/mol. The number of carbonyl (C=O) groups excluding carboxylic acids is 1. The molecule has 4 rings (SSSR count). The molecule has 6 nitrogen and oxygen atoms in total. The van der Waals surface area contributed by atoms with Gasteiger partial charge in [-0.1, -0.05) is 23.5 Å². The SMILES string of the molecule is CS(=O)(=O)c1cccc(C(=O)c2cnc(N3CCC4(COC4)C3)s2)c1. The maximum Gasteiger partial charge on any atom is 0.204 e. The molecule has 1 aromatic carbocycles. The molecule has 0 N–H and O–H groups in total. The first-order chi connectivity index (χ1) is 11.9. The van der Waals surface area contributed by atoms with Crippen LogP contribution >= 0.6 is 11.3 Å². The van der Waals surface area contributed by atoms with Gasteiger partial charge in [-0.3, -0.25) is 4.79 Å². The number of carbonyl (C=O) groups is 1. The van der Waals surface area contributed by atoms with E-state index in [4.69, 9.17) is 4.74 Å². The predicted octanol–water partition coefficient (Wildman–Crippen LogP) is 2.00. The van der Waals surface area contributed by atoms with Crippen molar-refractivity contribution in [3.8, 4) is 0 Å². The van der Waals surface area contributed by atoms with E-state index in [9.17, 15) is 13.2 Å². The molecule has 1 aromatic heterocycles. The van der Waals surface area contributed by atoms with Crippen molar-refractivity contribution in [3.05, 3.63) is 40.9 Å². The molecular weight excluding hydrogens is 360 g/mol. The molecule has 0 radical (unpaired) electrons. The standard InChI is InChI=1S/C17H18N2O4S2/c1-25(21,22)13-4-2-3-12(7-13)15(20)14-8-18-16(24-14)19-6-5-17(9-19)10-23-11-17/h2-4,7-8H,5-6,9-11H2,1H3. The van der Waals surface area contributed by atoms with Gasteiger partial charge in [-0.2, -0.15) is 0 Å². The van der Waals surface area contributed by atoms with Gasteiger partial charge in [-0.15, -0.1) is 0 Å². The number of ketones is 1. The van der Waals surface area contributed by atoms with Crippen molar-refractivity contribution < 1.29 is 17.9 Å². The van der Waals surface area contributed by atoms with Crippen molar-refractivity contribution in [3.63, 3.8) is 0 Å². The van der Waals surface area contributed by atoms with E-state index in [0.717, 1.165) is 44.1 Å². The summed E-state index contributed by atoms with van der Waals surface area (Å²) in [6.45, 7) is 3.45. The minimum absolute atomic E-state index is 0.148. The topological polar surface area (TPSA) is 76.6 Å². The number of hydrogen-bond acceptors (Lipinski definition) is 7. The van der Waals surface area contributed by atoms with E-state index in [1.165, 1.54) is 23.5 Å². The number of sulfone groups is 1. The summed E-state index contributed by atoms with van der Waals surface area (Å²) in [5, 5.41) is 0.839. The Labute approximate surface area is 150 Å². The molecular formula is C17H18N2O4S2. The van der Waals surface area contributed by atoms with Gasteiger partial charge < -0.3 is 9.64 Å². The zero-order valence-corrected chi connectivity index (χ0v) is 15.4. The third-order valence-corrected chi connectivity index (χ3v) is 6.93. The van der Waals surface area contributed by atoms with E-state index >= 15 is 0 Å². The van der Waals surface area contributed by atoms with Crippen LogP contribution in [0.15, 0.2) is 35.4 Å². The lowest BCUT2D eigenvalue weighted by Gasteiger charge is -2.37. The van der Waals surface area contributed by atoms with Gasteiger partial charge in [-0.25, -0.2) is 13.4 Å². The smallest absolute Gasteiger partial charge is 0.204 e. The molecule has 132 valence electrons. The number of rotatable bonds is 4. The van der Waals surface area contributed by atoms with E-state index in [2.05, 4.69) is 9.88 Å². The molecule has 0 saturated carbocycles. The first kappa shape index (κ1) is 16.7. The van der Waals surface area contributed by atoms with Crippen molar-refractivity contribution in [1.29, 1.82) is 0 Å². The Hall–Kier alpha value is -1.77. The Morgan fingerprint density at radius 2 is 2.16 bits per heavy atom. The molecule has 2 fully saturated rings. The van der Waals surface area contributed by atoms with Crippen LogP contribution in [-0.2, 0) is 14.6 Å². The molecule has 0 bridgehead atoms. The summed E-state index contributed by atoms with van der Waals surface area (Å²) >= 11 is 1.36. The van der Waals surface area contributed by atoms with E-state index < -0.39 is 9.84 Å². The number of hydrogen-bond donors (Lipinski definition) is 0. The molecule has 0 aliphatic carbocycles. The van der Waals surface area contributed by atoms with Crippen LogP contribution in [-0.4, -0.2) is 51.7 Å². The fourth-order valence-electron chi connectivity index (χ4n) is 3.25. The van der Waals surface area contributed by atoms with Crippen molar-refractivity contribution >= 4 is 32.1 Å². The maximum atomic E-state index is 12.7. The first-order valence-corrected chi connectivity index (χ1v) is 10.7. The van der Waals surface area contributed by atoms with Crippen LogP contribution < -0.4 is 4.90 Å². The van der Waals surface area contributed by atoms with E-state index in [1.807, 2.05) is 0 Å². The Bertz CT molecular complexity index is 932. The fraction of sp³-hybridized carbons (Fsp3) is 0.412. The molecule has 2 saturated heterocycles. The average Bonchev–Trinajstić information content (AvgIpc) is 3.20. The van der Waals surface area contributed by atoms with Crippen molar-refractivity contribution in [2.45, 2.75) is 11.3 Å². The second kappa shape index (κ2) is 5.89. The van der Waals surface area contributed by atoms with Gasteiger partial charge >= 0.3 is 0 Å². The summed E-state index contributed by atoms with van der Waals surface area (Å²) in [5.74, 6) is -0.199. The Morgan fingerprint density at radius 1 is 1.36 bits per heavy atom. The molecule has 0 amide bonds. The van der Waals surface area contributed by atoms with Crippen LogP contribution in [0.3, 0.4) is 0 Å². The molecule has 0 atom stereocenters. The zero-order valence-electron chi connectivity index (χ0n) is 13.8. The number of benzene rings is 1. The minimum atomic E-state index is -3.34. The van der Waals surface area contributed by atoms with Gasteiger partial charge in [-0.05, 0) is 18.6 Å². The van der Waals surface area contributed by atoms with E-state index in [1.54, 1.807) is 18.3 Å². The van der Waals surface area contributed by atoms with Gasteiger partial charge in [0.15, 0.2) is 15.0 Å². The van der Waals surface area contributed by atoms with Gasteiger partial charge in [0.25, 0.3) is 0 Å². The van der Waals surface area contributed by atoms with E-state index in [-0.39, 0.29) is 16.1 Å². The van der Waals surface area contributed by atoms with Crippen LogP contribution in [0.2, 0.25) is 0 Å². The molecule has 2 aliphatic rings. The molecule has 1 spiro atoms. The lowest BCUT2D eigenvalue weighted by molar-refractivity contribution is -0.0985. The van der Waals surface area contributed by atoms with Crippen LogP contribution in [0, 0.1) is 5.41 Å². The molecule has 25 heavy (non-hydrogen) atoms. The summed E-state index contributed by atoms with van der Waals surface area (Å²) < 4.78 is 28.7. The third-order valence-electron chi connectivity index (χ3n) is 4.77. The summed E-state index contributed by atoms with van der Waals surface area (Å²) in [4.78, 5) is 20.0. The number of anilines is 1. The van der Waals surface area contributed by atoms with Crippen molar-refractivity contribution in [2.75, 3.05) is 37.5 Å². The van der Waals surface area contributed by atoms with Crippen molar-refractivity contribution in [1.82, 2.24) is 4.98 Å². The third kappa shape index (κ3) is 3.09.